The largest absolute Gasteiger partial charge is 0.493 e. The fourth-order valence-electron chi connectivity index (χ4n) is 3.47. The van der Waals surface area contributed by atoms with Crippen molar-refractivity contribution in [3.8, 4) is 11.5 Å². The number of ether oxygens (including phenoxy) is 2. The minimum absolute atomic E-state index is 0.0159. The number of nitrogens with one attached hydrogen (secondary N) is 3. The van der Waals surface area contributed by atoms with Crippen LogP contribution in [0.3, 0.4) is 0 Å². The number of methoxy groups -OCH3 is 2. The summed E-state index contributed by atoms with van der Waals surface area (Å²) in [5.74, 6) is 0.0355. The van der Waals surface area contributed by atoms with Crippen molar-refractivity contribution in [2.45, 2.75) is 0 Å². The number of fused-ring (bicyclic) bond motifs is 1. The second kappa shape index (κ2) is 10.8. The Bertz CT molecular complexity index is 1410. The van der Waals surface area contributed by atoms with Crippen LogP contribution in [0.2, 0.25) is 0 Å². The molecule has 0 aliphatic heterocycles. The summed E-state index contributed by atoms with van der Waals surface area (Å²) >= 11 is 0. The molecule has 8 heteroatoms. The second-order valence-electron chi connectivity index (χ2n) is 7.48. The number of hydrogen-bond acceptors (Lipinski definition) is 5. The minimum atomic E-state index is -0.583. The van der Waals surface area contributed by atoms with E-state index in [1.165, 1.54) is 14.2 Å². The number of aromatic amines is 1. The average molecular weight is 469 g/mol. The summed E-state index contributed by atoms with van der Waals surface area (Å²) in [5, 5.41) is 7.74. The molecule has 176 valence electrons. The number of carbonyl (C=O) groups is 2. The van der Waals surface area contributed by atoms with Gasteiger partial charge in [0.2, 0.25) is 0 Å². The highest BCUT2D eigenvalue weighted by atomic mass is 16.5. The Kier molecular flexibility index (Phi) is 7.22. The van der Waals surface area contributed by atoms with Gasteiger partial charge >= 0.3 is 0 Å². The molecule has 3 aromatic carbocycles. The Hall–Kier alpha value is -4.85. The Balaban J connectivity index is 1.59. The fraction of sp³-hybridized carbons (Fsp3) is 0.0741. The highest BCUT2D eigenvalue weighted by Crippen LogP contribution is 2.28. The third-order valence-electron chi connectivity index (χ3n) is 5.24. The Morgan fingerprint density at radius 2 is 1.66 bits per heavy atom. The standard InChI is InChI=1S/C27H24N4O4/c1-34-24-13-12-18(15-25(24)35-2)14-23(30-26(32)19-8-4-3-5-9-19)27(33)31-29-17-20-16-28-22-11-7-6-10-21(20)22/h3-17,28H,1-2H3,(H,30,32)(H,31,33)/b23-14+,29-17+. The number of H-pyrrole nitrogens is 1. The van der Waals surface area contributed by atoms with Gasteiger partial charge in [0.05, 0.1) is 20.4 Å². The van der Waals surface area contributed by atoms with Gasteiger partial charge < -0.3 is 19.8 Å². The predicted octanol–water partition coefficient (Wildman–Crippen LogP) is 4.11. The molecule has 0 unspecified atom stereocenters. The lowest BCUT2D eigenvalue weighted by Gasteiger charge is -2.11. The molecular formula is C27H24N4O4. The zero-order valence-corrected chi connectivity index (χ0v) is 19.2. The van der Waals surface area contributed by atoms with Crippen LogP contribution in [0.4, 0.5) is 0 Å². The molecule has 4 aromatic rings. The molecular weight excluding hydrogens is 444 g/mol. The summed E-state index contributed by atoms with van der Waals surface area (Å²) in [6.07, 6.45) is 4.89. The van der Waals surface area contributed by atoms with Crippen molar-refractivity contribution in [1.82, 2.24) is 15.7 Å². The van der Waals surface area contributed by atoms with E-state index in [4.69, 9.17) is 9.47 Å². The van der Waals surface area contributed by atoms with E-state index in [0.29, 0.717) is 22.6 Å². The zero-order chi connectivity index (χ0) is 24.6. The van der Waals surface area contributed by atoms with E-state index < -0.39 is 11.8 Å². The number of benzene rings is 3. The molecule has 35 heavy (non-hydrogen) atoms. The van der Waals surface area contributed by atoms with Crippen LogP contribution in [-0.4, -0.2) is 37.2 Å². The predicted molar refractivity (Wildman–Crippen MR) is 135 cm³/mol. The van der Waals surface area contributed by atoms with Crippen molar-refractivity contribution in [1.29, 1.82) is 0 Å². The smallest absolute Gasteiger partial charge is 0.287 e. The third kappa shape index (κ3) is 5.56. The Morgan fingerprint density at radius 3 is 2.43 bits per heavy atom. The van der Waals surface area contributed by atoms with Crippen LogP contribution in [0, 0.1) is 0 Å². The molecule has 4 rings (SSSR count). The molecule has 0 radical (unpaired) electrons. The van der Waals surface area contributed by atoms with Gasteiger partial charge in [-0.15, -0.1) is 0 Å². The first-order valence-electron chi connectivity index (χ1n) is 10.8. The maximum Gasteiger partial charge on any atom is 0.287 e. The van der Waals surface area contributed by atoms with Crippen LogP contribution >= 0.6 is 0 Å². The van der Waals surface area contributed by atoms with Crippen LogP contribution in [-0.2, 0) is 4.79 Å². The molecule has 0 fully saturated rings. The SMILES string of the molecule is COc1ccc(/C=C(/NC(=O)c2ccccc2)C(=O)N/N=C/c2c[nH]c3ccccc23)cc1OC. The van der Waals surface area contributed by atoms with Gasteiger partial charge in [0.25, 0.3) is 11.8 Å². The van der Waals surface area contributed by atoms with E-state index in [1.54, 1.807) is 61.0 Å². The van der Waals surface area contributed by atoms with E-state index in [9.17, 15) is 9.59 Å². The van der Waals surface area contributed by atoms with Crippen molar-refractivity contribution >= 4 is 35.0 Å². The maximum absolute atomic E-state index is 13.0. The van der Waals surface area contributed by atoms with Gasteiger partial charge in [-0.2, -0.15) is 5.10 Å². The summed E-state index contributed by atoms with van der Waals surface area (Å²) in [6, 6.07) is 21.6. The van der Waals surface area contributed by atoms with Crippen molar-refractivity contribution < 1.29 is 19.1 Å². The quantitative estimate of drug-likeness (QED) is 0.206. The number of carbonyl (C=O) groups excluding carboxylic acids is 2. The van der Waals surface area contributed by atoms with E-state index >= 15 is 0 Å². The monoisotopic (exact) mass is 468 g/mol. The zero-order valence-electron chi connectivity index (χ0n) is 19.2. The van der Waals surface area contributed by atoms with Crippen molar-refractivity contribution in [3.05, 3.63) is 101 Å². The van der Waals surface area contributed by atoms with Gasteiger partial charge in [-0.25, -0.2) is 5.43 Å². The van der Waals surface area contributed by atoms with E-state index in [2.05, 4.69) is 20.8 Å². The van der Waals surface area contributed by atoms with Crippen LogP contribution in [0.1, 0.15) is 21.5 Å². The molecule has 0 aliphatic rings. The number of hydrogen-bond donors (Lipinski definition) is 3. The molecule has 0 bridgehead atoms. The van der Waals surface area contributed by atoms with Gasteiger partial charge in [-0.3, -0.25) is 9.59 Å². The number of para-hydroxylation sites is 1. The Labute approximate surface area is 202 Å². The molecule has 3 N–H and O–H groups in total. The van der Waals surface area contributed by atoms with Gasteiger partial charge in [-0.05, 0) is 42.0 Å². The van der Waals surface area contributed by atoms with Gasteiger partial charge in [0.15, 0.2) is 11.5 Å². The second-order valence-corrected chi connectivity index (χ2v) is 7.48. The number of aromatic nitrogens is 1. The summed E-state index contributed by atoms with van der Waals surface area (Å²) in [4.78, 5) is 28.9. The molecule has 0 spiro atoms. The van der Waals surface area contributed by atoms with Crippen molar-refractivity contribution in [2.24, 2.45) is 5.10 Å². The number of rotatable bonds is 8. The molecule has 0 saturated carbocycles. The fourth-order valence-corrected chi connectivity index (χ4v) is 3.47. The lowest BCUT2D eigenvalue weighted by molar-refractivity contribution is -0.117. The first-order valence-corrected chi connectivity index (χ1v) is 10.8. The molecule has 8 nitrogen and oxygen atoms in total. The number of amides is 2. The first-order chi connectivity index (χ1) is 17.1. The van der Waals surface area contributed by atoms with Crippen LogP contribution in [0.15, 0.2) is 89.8 Å². The summed E-state index contributed by atoms with van der Waals surface area (Å²) in [6.45, 7) is 0. The summed E-state index contributed by atoms with van der Waals surface area (Å²) in [5.41, 5.74) is 5.33. The van der Waals surface area contributed by atoms with E-state index in [-0.39, 0.29) is 5.70 Å². The third-order valence-corrected chi connectivity index (χ3v) is 5.24. The molecule has 0 saturated heterocycles. The van der Waals surface area contributed by atoms with Crippen LogP contribution in [0.25, 0.3) is 17.0 Å². The van der Waals surface area contributed by atoms with Crippen LogP contribution in [0.5, 0.6) is 11.5 Å². The molecule has 1 aromatic heterocycles. The van der Waals surface area contributed by atoms with E-state index in [1.807, 2.05) is 30.3 Å². The van der Waals surface area contributed by atoms with Crippen molar-refractivity contribution in [3.63, 3.8) is 0 Å². The first kappa shape index (κ1) is 23.3. The van der Waals surface area contributed by atoms with Gasteiger partial charge in [0, 0.05) is 28.2 Å². The van der Waals surface area contributed by atoms with Crippen LogP contribution < -0.4 is 20.2 Å². The van der Waals surface area contributed by atoms with Crippen molar-refractivity contribution in [2.75, 3.05) is 14.2 Å². The maximum atomic E-state index is 13.0. The Morgan fingerprint density at radius 1 is 0.914 bits per heavy atom. The average Bonchev–Trinajstić information content (AvgIpc) is 3.31. The lowest BCUT2D eigenvalue weighted by Crippen LogP contribution is -2.32. The summed E-state index contributed by atoms with van der Waals surface area (Å²) < 4.78 is 10.6. The summed E-state index contributed by atoms with van der Waals surface area (Å²) in [7, 11) is 3.06. The minimum Gasteiger partial charge on any atom is -0.493 e. The topological polar surface area (TPSA) is 105 Å². The van der Waals surface area contributed by atoms with Gasteiger partial charge in [-0.1, -0.05) is 42.5 Å². The highest BCUT2D eigenvalue weighted by Gasteiger charge is 2.15. The number of hydrazone groups is 1. The number of nitrogens with zero attached hydrogens (tertiary/aromatic N) is 1. The van der Waals surface area contributed by atoms with E-state index in [0.717, 1.165) is 16.5 Å². The lowest BCUT2D eigenvalue weighted by atomic mass is 10.1. The highest BCUT2D eigenvalue weighted by molar-refractivity contribution is 6.06. The normalized spacial score (nSPS) is 11.4. The molecule has 1 heterocycles. The molecule has 2 amide bonds. The molecule has 0 atom stereocenters. The molecule has 0 aliphatic carbocycles. The van der Waals surface area contributed by atoms with Gasteiger partial charge in [0.1, 0.15) is 5.70 Å².